The highest BCUT2D eigenvalue weighted by atomic mass is 16.4. The van der Waals surface area contributed by atoms with Crippen molar-refractivity contribution in [3.05, 3.63) is 95.3 Å². The van der Waals surface area contributed by atoms with Crippen molar-refractivity contribution in [2.24, 2.45) is 0 Å². The van der Waals surface area contributed by atoms with Gasteiger partial charge in [0.15, 0.2) is 0 Å². The molecule has 6 nitrogen and oxygen atoms in total. The molecule has 0 bridgehead atoms. The van der Waals surface area contributed by atoms with E-state index in [1.165, 1.54) is 5.56 Å². The van der Waals surface area contributed by atoms with Crippen LogP contribution in [0.4, 0.5) is 5.69 Å². The number of imidazole rings is 1. The number of nitrogens with zero attached hydrogens (tertiary/aromatic N) is 2. The summed E-state index contributed by atoms with van der Waals surface area (Å²) < 4.78 is 1.97. The molecule has 6 heteroatoms. The number of carboxylic acid groups (broad SMARTS) is 1. The molecule has 0 fully saturated rings. The first-order chi connectivity index (χ1) is 15.2. The van der Waals surface area contributed by atoms with Gasteiger partial charge in [-0.1, -0.05) is 51.1 Å². The number of hydrogen-bond acceptors (Lipinski definition) is 3. The molecule has 0 atom stereocenters. The van der Waals surface area contributed by atoms with Gasteiger partial charge in [0.2, 0.25) is 0 Å². The third kappa shape index (κ3) is 4.39. The Morgan fingerprint density at radius 1 is 0.938 bits per heavy atom. The topological polar surface area (TPSA) is 84.2 Å². The molecular formula is C26H25N3O3. The van der Waals surface area contributed by atoms with Crippen molar-refractivity contribution in [2.45, 2.75) is 32.7 Å². The molecule has 32 heavy (non-hydrogen) atoms. The number of benzene rings is 3. The van der Waals surface area contributed by atoms with Crippen molar-refractivity contribution < 1.29 is 14.7 Å². The molecule has 0 radical (unpaired) electrons. The number of carboxylic acids is 1. The fourth-order valence-corrected chi connectivity index (χ4v) is 3.58. The zero-order valence-corrected chi connectivity index (χ0v) is 18.3. The van der Waals surface area contributed by atoms with Crippen LogP contribution in [0.5, 0.6) is 0 Å². The zero-order valence-electron chi connectivity index (χ0n) is 18.3. The molecule has 1 aromatic heterocycles. The SMILES string of the molecule is CC(C)(C)c1ccc(C(=O)Nc2cccc3c2ncn3Cc2ccc(C(=O)O)cc2)cc1. The van der Waals surface area contributed by atoms with Gasteiger partial charge in [0.05, 0.1) is 23.1 Å². The fourth-order valence-electron chi connectivity index (χ4n) is 3.58. The molecule has 1 heterocycles. The van der Waals surface area contributed by atoms with Crippen LogP contribution in [0.15, 0.2) is 73.1 Å². The second-order valence-corrected chi connectivity index (χ2v) is 8.83. The van der Waals surface area contributed by atoms with Crippen LogP contribution in [0.3, 0.4) is 0 Å². The molecule has 162 valence electrons. The minimum Gasteiger partial charge on any atom is -0.478 e. The van der Waals surface area contributed by atoms with Gasteiger partial charge < -0.3 is 15.0 Å². The van der Waals surface area contributed by atoms with E-state index in [0.717, 1.165) is 11.1 Å². The van der Waals surface area contributed by atoms with Crippen LogP contribution >= 0.6 is 0 Å². The molecule has 2 N–H and O–H groups in total. The highest BCUT2D eigenvalue weighted by Crippen LogP contribution is 2.25. The summed E-state index contributed by atoms with van der Waals surface area (Å²) in [4.78, 5) is 28.4. The van der Waals surface area contributed by atoms with E-state index in [1.807, 2.05) is 47.0 Å². The van der Waals surface area contributed by atoms with E-state index >= 15 is 0 Å². The van der Waals surface area contributed by atoms with Gasteiger partial charge in [-0.05, 0) is 52.9 Å². The lowest BCUT2D eigenvalue weighted by atomic mass is 9.87. The summed E-state index contributed by atoms with van der Waals surface area (Å²) in [6.07, 6.45) is 1.73. The van der Waals surface area contributed by atoms with Gasteiger partial charge in [-0.2, -0.15) is 0 Å². The molecule has 0 aliphatic carbocycles. The number of nitrogens with one attached hydrogen (secondary N) is 1. The predicted octanol–water partition coefficient (Wildman–Crippen LogP) is 5.33. The zero-order chi connectivity index (χ0) is 22.9. The maximum Gasteiger partial charge on any atom is 0.335 e. The molecule has 0 saturated heterocycles. The van der Waals surface area contributed by atoms with Crippen LogP contribution < -0.4 is 5.32 Å². The standard InChI is InChI=1S/C26H25N3O3/c1-26(2,3)20-13-11-18(12-14-20)24(30)28-21-5-4-6-22-23(21)27-16-29(22)15-17-7-9-19(10-8-17)25(31)32/h4-14,16H,15H2,1-3H3,(H,28,30)(H,31,32). The second kappa shape index (κ2) is 8.30. The van der Waals surface area contributed by atoms with Gasteiger partial charge in [-0.15, -0.1) is 0 Å². The molecule has 1 amide bonds. The van der Waals surface area contributed by atoms with E-state index in [2.05, 4.69) is 31.1 Å². The number of carbonyl (C=O) groups is 2. The number of hydrogen-bond donors (Lipinski definition) is 2. The number of para-hydroxylation sites is 1. The Labute approximate surface area is 186 Å². The van der Waals surface area contributed by atoms with Crippen LogP contribution in [-0.2, 0) is 12.0 Å². The minimum absolute atomic E-state index is 0.0291. The summed E-state index contributed by atoms with van der Waals surface area (Å²) in [7, 11) is 0. The first kappa shape index (κ1) is 21.3. The summed E-state index contributed by atoms with van der Waals surface area (Å²) in [5.74, 6) is -1.13. The molecule has 3 aromatic carbocycles. The molecule has 0 saturated carbocycles. The largest absolute Gasteiger partial charge is 0.478 e. The smallest absolute Gasteiger partial charge is 0.335 e. The van der Waals surface area contributed by atoms with Crippen LogP contribution in [-0.4, -0.2) is 26.5 Å². The molecule has 0 aliphatic rings. The summed E-state index contributed by atoms with van der Waals surface area (Å²) in [6, 6.07) is 20.1. The van der Waals surface area contributed by atoms with Crippen molar-refractivity contribution in [3.8, 4) is 0 Å². The van der Waals surface area contributed by atoms with Crippen molar-refractivity contribution in [3.63, 3.8) is 0 Å². The number of aromatic carboxylic acids is 1. The molecule has 4 rings (SSSR count). The summed E-state index contributed by atoms with van der Waals surface area (Å²) in [6.45, 7) is 6.96. The second-order valence-electron chi connectivity index (χ2n) is 8.83. The van der Waals surface area contributed by atoms with Crippen molar-refractivity contribution in [1.29, 1.82) is 0 Å². The number of aromatic nitrogens is 2. The number of anilines is 1. The van der Waals surface area contributed by atoms with Crippen molar-refractivity contribution in [2.75, 3.05) is 5.32 Å². The summed E-state index contributed by atoms with van der Waals surface area (Å²) in [5.41, 5.74) is 5.24. The Kier molecular flexibility index (Phi) is 5.53. The van der Waals surface area contributed by atoms with E-state index in [1.54, 1.807) is 30.6 Å². The lowest BCUT2D eigenvalue weighted by Crippen LogP contribution is -2.14. The number of fused-ring (bicyclic) bond motifs is 1. The molecule has 0 unspecified atom stereocenters. The van der Waals surface area contributed by atoms with Gasteiger partial charge >= 0.3 is 5.97 Å². The lowest BCUT2D eigenvalue weighted by molar-refractivity contribution is 0.0696. The Balaban J connectivity index is 1.55. The molecule has 0 spiro atoms. The Bertz CT molecular complexity index is 1280. The van der Waals surface area contributed by atoms with Gasteiger partial charge in [0.1, 0.15) is 5.52 Å². The van der Waals surface area contributed by atoms with Gasteiger partial charge in [0.25, 0.3) is 5.91 Å². The van der Waals surface area contributed by atoms with Crippen LogP contribution in [0.1, 0.15) is 52.6 Å². The number of rotatable bonds is 5. The van der Waals surface area contributed by atoms with Crippen LogP contribution in [0.2, 0.25) is 0 Å². The maximum atomic E-state index is 12.8. The molecular weight excluding hydrogens is 402 g/mol. The van der Waals surface area contributed by atoms with Crippen molar-refractivity contribution in [1.82, 2.24) is 9.55 Å². The van der Waals surface area contributed by atoms with E-state index in [4.69, 9.17) is 5.11 Å². The predicted molar refractivity (Wildman–Crippen MR) is 125 cm³/mol. The Morgan fingerprint density at radius 2 is 1.59 bits per heavy atom. The lowest BCUT2D eigenvalue weighted by Gasteiger charge is -2.19. The highest BCUT2D eigenvalue weighted by Gasteiger charge is 2.15. The highest BCUT2D eigenvalue weighted by molar-refractivity contribution is 6.08. The van der Waals surface area contributed by atoms with E-state index < -0.39 is 5.97 Å². The first-order valence-corrected chi connectivity index (χ1v) is 10.4. The average molecular weight is 428 g/mol. The van der Waals surface area contributed by atoms with Crippen LogP contribution in [0.25, 0.3) is 11.0 Å². The van der Waals surface area contributed by atoms with E-state index in [-0.39, 0.29) is 16.9 Å². The van der Waals surface area contributed by atoms with Crippen molar-refractivity contribution >= 4 is 28.6 Å². The maximum absolute atomic E-state index is 12.8. The van der Waals surface area contributed by atoms with Gasteiger partial charge in [-0.3, -0.25) is 4.79 Å². The van der Waals surface area contributed by atoms with E-state index in [9.17, 15) is 9.59 Å². The Morgan fingerprint density at radius 3 is 2.22 bits per heavy atom. The molecule has 4 aromatic rings. The summed E-state index contributed by atoms with van der Waals surface area (Å²) >= 11 is 0. The van der Waals surface area contributed by atoms with Gasteiger partial charge in [0, 0.05) is 12.1 Å². The number of carbonyl (C=O) groups excluding carboxylic acids is 1. The number of amides is 1. The normalized spacial score (nSPS) is 11.5. The third-order valence-corrected chi connectivity index (χ3v) is 5.47. The fraction of sp³-hybridized carbons (Fsp3) is 0.192. The average Bonchev–Trinajstić information content (AvgIpc) is 3.17. The minimum atomic E-state index is -0.946. The monoisotopic (exact) mass is 427 g/mol. The summed E-state index contributed by atoms with van der Waals surface area (Å²) in [5, 5.41) is 12.0. The first-order valence-electron chi connectivity index (χ1n) is 10.4. The van der Waals surface area contributed by atoms with Crippen LogP contribution in [0, 0.1) is 0 Å². The quantitative estimate of drug-likeness (QED) is 0.451. The van der Waals surface area contributed by atoms with E-state index in [0.29, 0.717) is 23.3 Å². The molecule has 0 aliphatic heterocycles. The Hall–Kier alpha value is -3.93. The van der Waals surface area contributed by atoms with Gasteiger partial charge in [-0.25, -0.2) is 9.78 Å². The third-order valence-electron chi connectivity index (χ3n) is 5.47.